The number of aromatic amines is 1. The summed E-state index contributed by atoms with van der Waals surface area (Å²) in [5, 5.41) is 8.63. The Hall–Kier alpha value is -2.02. The fourth-order valence-electron chi connectivity index (χ4n) is 1.12. The molecule has 0 atom stereocenters. The average Bonchev–Trinajstić information content (AvgIpc) is 2.97. The van der Waals surface area contributed by atoms with Gasteiger partial charge >= 0.3 is 5.97 Å². The molecule has 76 valence electrons. The zero-order chi connectivity index (χ0) is 10.8. The van der Waals surface area contributed by atoms with Crippen molar-refractivity contribution in [3.63, 3.8) is 0 Å². The SMILES string of the molecule is O=C(O)c1ccc(C#CC2CC2)[nH]c1=O. The van der Waals surface area contributed by atoms with Gasteiger partial charge in [-0.05, 0) is 30.9 Å². The van der Waals surface area contributed by atoms with Crippen molar-refractivity contribution in [1.29, 1.82) is 0 Å². The summed E-state index contributed by atoms with van der Waals surface area (Å²) in [5.74, 6) is 5.02. The van der Waals surface area contributed by atoms with E-state index in [1.54, 1.807) is 0 Å². The molecule has 1 aromatic rings. The Kier molecular flexibility index (Phi) is 2.30. The molecule has 2 rings (SSSR count). The van der Waals surface area contributed by atoms with Crippen LogP contribution in [-0.4, -0.2) is 16.1 Å². The van der Waals surface area contributed by atoms with E-state index in [0.717, 1.165) is 12.8 Å². The van der Waals surface area contributed by atoms with Gasteiger partial charge in [-0.1, -0.05) is 5.92 Å². The quantitative estimate of drug-likeness (QED) is 0.664. The summed E-state index contributed by atoms with van der Waals surface area (Å²) in [6.07, 6.45) is 2.23. The highest BCUT2D eigenvalue weighted by atomic mass is 16.4. The van der Waals surface area contributed by atoms with Crippen LogP contribution >= 0.6 is 0 Å². The van der Waals surface area contributed by atoms with Gasteiger partial charge in [0.25, 0.3) is 5.56 Å². The standard InChI is InChI=1S/C11H9NO3/c13-10-9(11(14)15)6-5-8(12-10)4-3-7-1-2-7/h5-7H,1-2H2,(H,12,13)(H,14,15). The smallest absolute Gasteiger partial charge is 0.341 e. The summed E-state index contributed by atoms with van der Waals surface area (Å²) >= 11 is 0. The first-order valence-electron chi connectivity index (χ1n) is 4.65. The Morgan fingerprint density at radius 1 is 1.47 bits per heavy atom. The van der Waals surface area contributed by atoms with Gasteiger partial charge in [-0.2, -0.15) is 0 Å². The minimum atomic E-state index is -1.22. The lowest BCUT2D eigenvalue weighted by Gasteiger charge is -1.93. The molecule has 1 aliphatic carbocycles. The summed E-state index contributed by atoms with van der Waals surface area (Å²) in [5.41, 5.74) is -0.394. The molecule has 2 N–H and O–H groups in total. The van der Waals surface area contributed by atoms with Crippen molar-refractivity contribution in [3.05, 3.63) is 33.7 Å². The van der Waals surface area contributed by atoms with Crippen LogP contribution in [0.1, 0.15) is 28.9 Å². The Labute approximate surface area is 86.0 Å². The second kappa shape index (κ2) is 3.62. The molecule has 1 heterocycles. The number of hydrogen-bond donors (Lipinski definition) is 2. The van der Waals surface area contributed by atoms with Gasteiger partial charge in [0.1, 0.15) is 5.56 Å². The highest BCUT2D eigenvalue weighted by Crippen LogP contribution is 2.27. The van der Waals surface area contributed by atoms with Crippen LogP contribution in [-0.2, 0) is 0 Å². The van der Waals surface area contributed by atoms with Crippen LogP contribution in [0.5, 0.6) is 0 Å². The fourth-order valence-corrected chi connectivity index (χ4v) is 1.12. The molecule has 1 aliphatic rings. The van der Waals surface area contributed by atoms with Crippen molar-refractivity contribution in [3.8, 4) is 11.8 Å². The van der Waals surface area contributed by atoms with Crippen LogP contribution in [0.25, 0.3) is 0 Å². The van der Waals surface area contributed by atoms with Crippen molar-refractivity contribution in [1.82, 2.24) is 4.98 Å². The number of aromatic nitrogens is 1. The first kappa shape index (κ1) is 9.53. The first-order valence-corrected chi connectivity index (χ1v) is 4.65. The van der Waals surface area contributed by atoms with E-state index in [-0.39, 0.29) is 5.56 Å². The number of H-pyrrole nitrogens is 1. The Bertz CT molecular complexity index is 515. The molecule has 4 heteroatoms. The van der Waals surface area contributed by atoms with E-state index in [9.17, 15) is 9.59 Å². The number of pyridine rings is 1. The number of rotatable bonds is 1. The van der Waals surface area contributed by atoms with E-state index >= 15 is 0 Å². The van der Waals surface area contributed by atoms with E-state index in [2.05, 4.69) is 16.8 Å². The fraction of sp³-hybridized carbons (Fsp3) is 0.273. The van der Waals surface area contributed by atoms with E-state index in [4.69, 9.17) is 5.11 Å². The van der Waals surface area contributed by atoms with Crippen molar-refractivity contribution >= 4 is 5.97 Å². The van der Waals surface area contributed by atoms with E-state index in [1.807, 2.05) is 0 Å². The van der Waals surface area contributed by atoms with E-state index < -0.39 is 11.5 Å². The van der Waals surface area contributed by atoms with Gasteiger partial charge in [-0.3, -0.25) is 4.79 Å². The second-order valence-electron chi connectivity index (χ2n) is 3.46. The van der Waals surface area contributed by atoms with Gasteiger partial charge < -0.3 is 10.1 Å². The van der Waals surface area contributed by atoms with E-state index in [1.165, 1.54) is 12.1 Å². The van der Waals surface area contributed by atoms with Crippen molar-refractivity contribution in [2.75, 3.05) is 0 Å². The van der Waals surface area contributed by atoms with Crippen LogP contribution in [0.2, 0.25) is 0 Å². The van der Waals surface area contributed by atoms with Gasteiger partial charge in [0.2, 0.25) is 0 Å². The average molecular weight is 203 g/mol. The van der Waals surface area contributed by atoms with Crippen molar-refractivity contribution in [2.45, 2.75) is 12.8 Å². The highest BCUT2D eigenvalue weighted by molar-refractivity contribution is 5.87. The molecule has 0 amide bonds. The van der Waals surface area contributed by atoms with Crippen LogP contribution in [0.4, 0.5) is 0 Å². The summed E-state index contributed by atoms with van der Waals surface area (Å²) in [6.45, 7) is 0. The van der Waals surface area contributed by atoms with Gasteiger partial charge in [0, 0.05) is 5.92 Å². The molecular formula is C11H9NO3. The molecule has 0 unspecified atom stereocenters. The third-order valence-electron chi connectivity index (χ3n) is 2.13. The summed E-state index contributed by atoms with van der Waals surface area (Å²) < 4.78 is 0. The highest BCUT2D eigenvalue weighted by Gasteiger charge is 2.17. The zero-order valence-corrected chi connectivity index (χ0v) is 7.91. The second-order valence-corrected chi connectivity index (χ2v) is 3.46. The number of carboxylic acids is 1. The molecule has 4 nitrogen and oxygen atoms in total. The molecular weight excluding hydrogens is 194 g/mol. The Morgan fingerprint density at radius 3 is 2.73 bits per heavy atom. The molecule has 1 aromatic heterocycles. The zero-order valence-electron chi connectivity index (χ0n) is 7.91. The van der Waals surface area contributed by atoms with Crippen molar-refractivity contribution in [2.24, 2.45) is 5.92 Å². The van der Waals surface area contributed by atoms with Crippen LogP contribution in [0.3, 0.4) is 0 Å². The van der Waals surface area contributed by atoms with Crippen molar-refractivity contribution < 1.29 is 9.90 Å². The maximum absolute atomic E-state index is 11.2. The normalized spacial score (nSPS) is 14.1. The van der Waals surface area contributed by atoms with E-state index in [0.29, 0.717) is 11.6 Å². The summed E-state index contributed by atoms with van der Waals surface area (Å²) in [7, 11) is 0. The maximum atomic E-state index is 11.2. The molecule has 15 heavy (non-hydrogen) atoms. The number of carboxylic acid groups (broad SMARTS) is 1. The lowest BCUT2D eigenvalue weighted by molar-refractivity contribution is 0.0695. The monoisotopic (exact) mass is 203 g/mol. The summed E-state index contributed by atoms with van der Waals surface area (Å²) in [4.78, 5) is 24.2. The third-order valence-corrected chi connectivity index (χ3v) is 2.13. The third kappa shape index (κ3) is 2.26. The molecule has 0 spiro atoms. The molecule has 1 saturated carbocycles. The molecule has 0 aromatic carbocycles. The van der Waals surface area contributed by atoms with Gasteiger partial charge in [-0.25, -0.2) is 4.79 Å². The molecule has 0 radical (unpaired) electrons. The predicted molar refractivity (Wildman–Crippen MR) is 53.6 cm³/mol. The van der Waals surface area contributed by atoms with Crippen LogP contribution in [0.15, 0.2) is 16.9 Å². The Morgan fingerprint density at radius 2 is 2.20 bits per heavy atom. The van der Waals surface area contributed by atoms with Gasteiger partial charge in [-0.15, -0.1) is 0 Å². The molecule has 0 aliphatic heterocycles. The number of nitrogens with one attached hydrogen (secondary N) is 1. The Balaban J connectivity index is 2.29. The maximum Gasteiger partial charge on any atom is 0.341 e. The minimum absolute atomic E-state index is 0.257. The predicted octanol–water partition coefficient (Wildman–Crippen LogP) is 0.835. The number of aromatic carboxylic acids is 1. The largest absolute Gasteiger partial charge is 0.477 e. The van der Waals surface area contributed by atoms with Crippen LogP contribution in [0, 0.1) is 17.8 Å². The minimum Gasteiger partial charge on any atom is -0.477 e. The lowest BCUT2D eigenvalue weighted by atomic mass is 10.2. The lowest BCUT2D eigenvalue weighted by Crippen LogP contribution is -2.17. The number of hydrogen-bond acceptors (Lipinski definition) is 2. The van der Waals surface area contributed by atoms with Gasteiger partial charge in [0.15, 0.2) is 0 Å². The molecule has 1 fully saturated rings. The molecule has 0 bridgehead atoms. The van der Waals surface area contributed by atoms with Gasteiger partial charge in [0.05, 0.1) is 5.69 Å². The van der Waals surface area contributed by atoms with Crippen LogP contribution < -0.4 is 5.56 Å². The molecule has 0 saturated heterocycles. The summed E-state index contributed by atoms with van der Waals surface area (Å²) in [6, 6.07) is 2.79. The topological polar surface area (TPSA) is 70.2 Å². The first-order chi connectivity index (χ1) is 7.16. The number of carbonyl (C=O) groups is 1.